The summed E-state index contributed by atoms with van der Waals surface area (Å²) in [6.45, 7) is 0. The van der Waals surface area contributed by atoms with Crippen molar-refractivity contribution in [1.82, 2.24) is 10.9 Å². The number of nitrogens with one attached hydrogen (secondary N) is 2. The lowest BCUT2D eigenvalue weighted by atomic mass is 10.4. The van der Waals surface area contributed by atoms with Crippen molar-refractivity contribution in [1.29, 1.82) is 0 Å². The quantitative estimate of drug-likeness (QED) is 0.123. The lowest BCUT2D eigenvalue weighted by Crippen LogP contribution is -2.41. The summed E-state index contributed by atoms with van der Waals surface area (Å²) >= 11 is 0. The number of hydrogen-bond acceptors (Lipinski definition) is 5. The third kappa shape index (κ3) is 3.86. The molecule has 0 aromatic rings. The third-order valence-electron chi connectivity index (χ3n) is 0.732. The molecule has 0 aliphatic heterocycles. The van der Waals surface area contributed by atoms with E-state index < -0.39 is 12.1 Å². The zero-order chi connectivity index (χ0) is 7.28. The third-order valence-corrected chi connectivity index (χ3v) is 0.732. The van der Waals surface area contributed by atoms with Gasteiger partial charge in [0.05, 0.1) is 6.42 Å². The molecule has 7 N–H and O–H groups in total. The number of nitrogens with two attached hydrogens (primary N) is 2. The molecule has 0 radical (unpaired) electrons. The maximum Gasteiger partial charge on any atom is 0.237 e. The largest absolute Gasteiger partial charge is 0.377 e. The minimum absolute atomic E-state index is 0.146. The molecule has 0 spiro atoms. The van der Waals surface area contributed by atoms with Gasteiger partial charge in [-0.3, -0.25) is 16.1 Å². The van der Waals surface area contributed by atoms with Crippen LogP contribution >= 0.6 is 0 Å². The van der Waals surface area contributed by atoms with E-state index in [1.807, 2.05) is 10.9 Å². The number of aliphatic hydroxyl groups excluding tert-OH is 1. The first kappa shape index (κ1) is 8.31. The predicted molar refractivity (Wildman–Crippen MR) is 30.3 cm³/mol. The van der Waals surface area contributed by atoms with Gasteiger partial charge < -0.3 is 5.11 Å². The highest BCUT2D eigenvalue weighted by Gasteiger charge is 2.05. The molecule has 0 aliphatic rings. The van der Waals surface area contributed by atoms with Gasteiger partial charge in [-0.1, -0.05) is 0 Å². The Balaban J connectivity index is 3.34. The molecule has 0 rings (SSSR count). The molecule has 0 fully saturated rings. The smallest absolute Gasteiger partial charge is 0.237 e. The van der Waals surface area contributed by atoms with Gasteiger partial charge in [0.15, 0.2) is 0 Å². The molecule has 1 atom stereocenters. The van der Waals surface area contributed by atoms with Gasteiger partial charge in [-0.25, -0.2) is 11.3 Å². The topological polar surface area (TPSA) is 113 Å². The van der Waals surface area contributed by atoms with Crippen LogP contribution in [0.2, 0.25) is 0 Å². The lowest BCUT2D eigenvalue weighted by molar-refractivity contribution is -0.123. The average molecular weight is 134 g/mol. The molecule has 9 heavy (non-hydrogen) atoms. The van der Waals surface area contributed by atoms with E-state index in [-0.39, 0.29) is 6.42 Å². The van der Waals surface area contributed by atoms with Crippen molar-refractivity contribution in [3.8, 4) is 0 Å². The highest BCUT2D eigenvalue weighted by Crippen LogP contribution is 1.81. The van der Waals surface area contributed by atoms with E-state index in [2.05, 4.69) is 0 Å². The average Bonchev–Trinajstić information content (AvgIpc) is 1.87. The first-order chi connectivity index (χ1) is 4.20. The van der Waals surface area contributed by atoms with E-state index in [9.17, 15) is 4.79 Å². The Kier molecular flexibility index (Phi) is 3.89. The summed E-state index contributed by atoms with van der Waals surface area (Å²) in [5, 5.41) is 8.61. The van der Waals surface area contributed by atoms with Crippen molar-refractivity contribution in [3.05, 3.63) is 0 Å². The fourth-order valence-electron chi connectivity index (χ4n) is 0.293. The van der Waals surface area contributed by atoms with Crippen molar-refractivity contribution in [2.45, 2.75) is 12.6 Å². The van der Waals surface area contributed by atoms with E-state index in [4.69, 9.17) is 16.8 Å². The molecule has 0 heterocycles. The summed E-state index contributed by atoms with van der Waals surface area (Å²) in [7, 11) is 0. The Bertz CT molecular complexity index is 95.8. The summed E-state index contributed by atoms with van der Waals surface area (Å²) in [5.74, 6) is 8.98. The molecule has 6 nitrogen and oxygen atoms in total. The van der Waals surface area contributed by atoms with Crippen LogP contribution in [0.4, 0.5) is 0 Å². The lowest BCUT2D eigenvalue weighted by Gasteiger charge is -2.05. The molecule has 6 heteroatoms. The Hall–Kier alpha value is -0.690. The molecule has 0 aliphatic carbocycles. The number of amides is 1. The van der Waals surface area contributed by atoms with E-state index in [0.717, 1.165) is 0 Å². The number of carbonyl (C=O) groups excluding carboxylic acids is 1. The summed E-state index contributed by atoms with van der Waals surface area (Å²) in [6, 6.07) is 0. The van der Waals surface area contributed by atoms with Crippen molar-refractivity contribution in [2.75, 3.05) is 0 Å². The van der Waals surface area contributed by atoms with Gasteiger partial charge in [-0.2, -0.15) is 0 Å². The van der Waals surface area contributed by atoms with Crippen LogP contribution in [0.25, 0.3) is 0 Å². The number of hydrogen-bond donors (Lipinski definition) is 5. The van der Waals surface area contributed by atoms with Crippen LogP contribution in [0.15, 0.2) is 0 Å². The van der Waals surface area contributed by atoms with Gasteiger partial charge in [-0.05, 0) is 0 Å². The minimum atomic E-state index is -1.03. The van der Waals surface area contributed by atoms with Crippen LogP contribution in [0.1, 0.15) is 6.42 Å². The Morgan fingerprint density at radius 1 is 1.67 bits per heavy atom. The molecular formula is C3H10N4O2. The maximum absolute atomic E-state index is 10.3. The molecule has 54 valence electrons. The minimum Gasteiger partial charge on any atom is -0.377 e. The summed E-state index contributed by atoms with van der Waals surface area (Å²) in [6.07, 6.45) is -1.18. The summed E-state index contributed by atoms with van der Waals surface area (Å²) in [4.78, 5) is 10.3. The van der Waals surface area contributed by atoms with E-state index in [1.54, 1.807) is 0 Å². The highest BCUT2D eigenvalue weighted by molar-refractivity contribution is 5.75. The van der Waals surface area contributed by atoms with Gasteiger partial charge in [0, 0.05) is 0 Å². The first-order valence-electron chi connectivity index (χ1n) is 2.34. The second-order valence-corrected chi connectivity index (χ2v) is 1.45. The summed E-state index contributed by atoms with van der Waals surface area (Å²) in [5.41, 5.74) is 3.80. The molecular weight excluding hydrogens is 124 g/mol. The van der Waals surface area contributed by atoms with Gasteiger partial charge in [0.25, 0.3) is 0 Å². The van der Waals surface area contributed by atoms with Gasteiger partial charge in [-0.15, -0.1) is 0 Å². The van der Waals surface area contributed by atoms with Crippen LogP contribution in [0.5, 0.6) is 0 Å². The molecule has 0 saturated carbocycles. The van der Waals surface area contributed by atoms with Crippen LogP contribution < -0.4 is 22.5 Å². The van der Waals surface area contributed by atoms with Gasteiger partial charge >= 0.3 is 0 Å². The SMILES string of the molecule is NNC(=O)CC(O)NN. The second-order valence-electron chi connectivity index (χ2n) is 1.45. The highest BCUT2D eigenvalue weighted by atomic mass is 16.3. The molecule has 0 bridgehead atoms. The Morgan fingerprint density at radius 3 is 2.56 bits per heavy atom. The van der Waals surface area contributed by atoms with Crippen molar-refractivity contribution >= 4 is 5.91 Å². The van der Waals surface area contributed by atoms with E-state index >= 15 is 0 Å². The standard InChI is InChI=1S/C3H10N4O2/c4-6-2(8)1-3(9)7-5/h2,6,8H,1,4-5H2,(H,7,9). The number of hydrazine groups is 2. The number of carbonyl (C=O) groups is 1. The Morgan fingerprint density at radius 2 is 2.22 bits per heavy atom. The van der Waals surface area contributed by atoms with Crippen molar-refractivity contribution < 1.29 is 9.90 Å². The van der Waals surface area contributed by atoms with E-state index in [0.29, 0.717) is 0 Å². The van der Waals surface area contributed by atoms with Crippen LogP contribution in [0, 0.1) is 0 Å². The maximum atomic E-state index is 10.3. The predicted octanol–water partition coefficient (Wildman–Crippen LogP) is -2.85. The number of rotatable bonds is 3. The molecule has 1 amide bonds. The van der Waals surface area contributed by atoms with Crippen LogP contribution in [-0.2, 0) is 4.79 Å². The van der Waals surface area contributed by atoms with Gasteiger partial charge in [0.2, 0.25) is 5.91 Å². The van der Waals surface area contributed by atoms with E-state index in [1.165, 1.54) is 0 Å². The monoisotopic (exact) mass is 134 g/mol. The van der Waals surface area contributed by atoms with Crippen molar-refractivity contribution in [3.63, 3.8) is 0 Å². The fourth-order valence-corrected chi connectivity index (χ4v) is 0.293. The molecule has 0 aromatic carbocycles. The fraction of sp³-hybridized carbons (Fsp3) is 0.667. The zero-order valence-corrected chi connectivity index (χ0v) is 4.79. The van der Waals surface area contributed by atoms with Crippen LogP contribution in [0.3, 0.4) is 0 Å². The van der Waals surface area contributed by atoms with Crippen LogP contribution in [-0.4, -0.2) is 17.2 Å². The number of aliphatic hydroxyl groups is 1. The summed E-state index contributed by atoms with van der Waals surface area (Å²) < 4.78 is 0. The second kappa shape index (κ2) is 4.21. The Labute approximate surface area is 52.1 Å². The van der Waals surface area contributed by atoms with Gasteiger partial charge in [0.1, 0.15) is 6.23 Å². The zero-order valence-electron chi connectivity index (χ0n) is 4.79. The molecule has 0 saturated heterocycles. The van der Waals surface area contributed by atoms with Crippen molar-refractivity contribution in [2.24, 2.45) is 11.7 Å². The molecule has 0 aromatic heterocycles. The molecule has 1 unspecified atom stereocenters. The first-order valence-corrected chi connectivity index (χ1v) is 2.34. The normalized spacial score (nSPS) is 12.8.